The van der Waals surface area contributed by atoms with Gasteiger partial charge in [0, 0.05) is 50.0 Å². The summed E-state index contributed by atoms with van der Waals surface area (Å²) in [7, 11) is 2.22. The predicted octanol–water partition coefficient (Wildman–Crippen LogP) is 4.31. The highest BCUT2D eigenvalue weighted by atomic mass is 16.2. The lowest BCUT2D eigenvalue weighted by atomic mass is 9.73. The topological polar surface area (TPSA) is 43.9 Å². The van der Waals surface area contributed by atoms with Crippen LogP contribution in [0, 0.1) is 23.2 Å². The SMILES string of the molecule is CC.CN1CCCN(CC2CCN(C(=O)C3CCC(C(=O)C(C)(C)C)CC3)CC2)CC1. The molecule has 3 aliphatic rings. The zero-order valence-corrected chi connectivity index (χ0v) is 21.3. The molecule has 1 saturated carbocycles. The largest absolute Gasteiger partial charge is 0.342 e. The highest BCUT2D eigenvalue weighted by Crippen LogP contribution is 2.35. The Kier molecular flexibility index (Phi) is 10.5. The summed E-state index contributed by atoms with van der Waals surface area (Å²) in [4.78, 5) is 32.8. The molecule has 5 heteroatoms. The van der Waals surface area contributed by atoms with Crippen LogP contribution in [0.2, 0.25) is 0 Å². The van der Waals surface area contributed by atoms with E-state index in [0.717, 1.165) is 57.5 Å². The minimum atomic E-state index is -0.258. The number of hydrogen-bond donors (Lipinski definition) is 0. The normalized spacial score (nSPS) is 27.2. The molecular formula is C26H49N3O2. The van der Waals surface area contributed by atoms with Crippen LogP contribution < -0.4 is 0 Å². The van der Waals surface area contributed by atoms with Crippen molar-refractivity contribution >= 4 is 11.7 Å². The summed E-state index contributed by atoms with van der Waals surface area (Å²) in [6, 6.07) is 0. The van der Waals surface area contributed by atoms with E-state index in [1.165, 1.54) is 39.1 Å². The van der Waals surface area contributed by atoms with Crippen LogP contribution in [-0.4, -0.2) is 79.3 Å². The molecule has 180 valence electrons. The Hall–Kier alpha value is -0.940. The quantitative estimate of drug-likeness (QED) is 0.660. The number of likely N-dealkylation sites (N-methyl/N-ethyl adjacent to an activating group) is 1. The van der Waals surface area contributed by atoms with Crippen molar-refractivity contribution in [2.75, 3.05) is 52.9 Å². The molecule has 2 aliphatic heterocycles. The number of carbonyl (C=O) groups is 2. The van der Waals surface area contributed by atoms with Crippen molar-refractivity contribution in [1.29, 1.82) is 0 Å². The van der Waals surface area contributed by atoms with Gasteiger partial charge in [-0.05, 0) is 71.0 Å². The summed E-state index contributed by atoms with van der Waals surface area (Å²) < 4.78 is 0. The number of ketones is 1. The lowest BCUT2D eigenvalue weighted by molar-refractivity contribution is -0.140. The number of likely N-dealkylation sites (tertiary alicyclic amines) is 1. The van der Waals surface area contributed by atoms with Crippen LogP contribution in [0.1, 0.15) is 79.6 Å². The average molecular weight is 436 g/mol. The number of hydrogen-bond acceptors (Lipinski definition) is 4. The van der Waals surface area contributed by atoms with Crippen LogP contribution in [0.4, 0.5) is 0 Å². The molecule has 0 radical (unpaired) electrons. The van der Waals surface area contributed by atoms with Gasteiger partial charge in [0.05, 0.1) is 0 Å². The average Bonchev–Trinajstić information content (AvgIpc) is 2.98. The monoisotopic (exact) mass is 435 g/mol. The molecule has 5 nitrogen and oxygen atoms in total. The van der Waals surface area contributed by atoms with Gasteiger partial charge >= 0.3 is 0 Å². The number of piperidine rings is 1. The van der Waals surface area contributed by atoms with E-state index < -0.39 is 0 Å². The second-order valence-electron chi connectivity index (χ2n) is 10.9. The van der Waals surface area contributed by atoms with E-state index >= 15 is 0 Å². The van der Waals surface area contributed by atoms with Gasteiger partial charge in [-0.1, -0.05) is 34.6 Å². The molecule has 2 heterocycles. The van der Waals surface area contributed by atoms with Crippen LogP contribution in [0.5, 0.6) is 0 Å². The van der Waals surface area contributed by atoms with Crippen LogP contribution >= 0.6 is 0 Å². The first-order chi connectivity index (χ1) is 14.7. The Morgan fingerprint density at radius 1 is 0.774 bits per heavy atom. The number of rotatable bonds is 4. The molecule has 0 atom stereocenters. The third-order valence-corrected chi connectivity index (χ3v) is 7.44. The Bertz CT molecular complexity index is 555. The van der Waals surface area contributed by atoms with Gasteiger partial charge in [-0.3, -0.25) is 9.59 Å². The Morgan fingerprint density at radius 3 is 1.94 bits per heavy atom. The molecule has 0 spiro atoms. The first-order valence-corrected chi connectivity index (χ1v) is 13.0. The number of nitrogens with zero attached hydrogens (tertiary/aromatic N) is 3. The van der Waals surface area contributed by atoms with E-state index in [9.17, 15) is 9.59 Å². The summed E-state index contributed by atoms with van der Waals surface area (Å²) >= 11 is 0. The molecular weight excluding hydrogens is 386 g/mol. The third kappa shape index (κ3) is 7.85. The molecule has 0 bridgehead atoms. The van der Waals surface area contributed by atoms with Crippen molar-refractivity contribution in [3.63, 3.8) is 0 Å². The lowest BCUT2D eigenvalue weighted by Crippen LogP contribution is -2.45. The zero-order valence-electron chi connectivity index (χ0n) is 21.3. The van der Waals surface area contributed by atoms with Gasteiger partial charge in [-0.15, -0.1) is 0 Å². The number of carbonyl (C=O) groups excluding carboxylic acids is 2. The standard InChI is InChI=1S/C24H43N3O2.C2H6/c1-24(2,3)22(28)20-6-8-21(9-7-20)23(29)27-14-10-19(11-15-27)18-26-13-5-12-25(4)16-17-26;1-2/h19-21H,5-18H2,1-4H3;1-2H3. The molecule has 1 amide bonds. The van der Waals surface area contributed by atoms with Crippen molar-refractivity contribution in [2.24, 2.45) is 23.2 Å². The molecule has 1 aliphatic carbocycles. The van der Waals surface area contributed by atoms with E-state index in [-0.39, 0.29) is 17.3 Å². The van der Waals surface area contributed by atoms with E-state index in [1.807, 2.05) is 34.6 Å². The van der Waals surface area contributed by atoms with Crippen LogP contribution in [-0.2, 0) is 9.59 Å². The van der Waals surface area contributed by atoms with Gasteiger partial charge in [0.2, 0.25) is 5.91 Å². The van der Waals surface area contributed by atoms with E-state index in [1.54, 1.807) is 0 Å². The Balaban J connectivity index is 0.00000166. The number of Topliss-reactive ketones (excluding diaryl/α,β-unsaturated/α-hetero) is 1. The van der Waals surface area contributed by atoms with Gasteiger partial charge in [0.15, 0.2) is 0 Å². The van der Waals surface area contributed by atoms with Gasteiger partial charge in [-0.2, -0.15) is 0 Å². The van der Waals surface area contributed by atoms with Gasteiger partial charge in [-0.25, -0.2) is 0 Å². The smallest absolute Gasteiger partial charge is 0.225 e. The van der Waals surface area contributed by atoms with Crippen molar-refractivity contribution in [1.82, 2.24) is 14.7 Å². The Morgan fingerprint density at radius 2 is 1.35 bits per heavy atom. The van der Waals surface area contributed by atoms with E-state index in [2.05, 4.69) is 21.7 Å². The fraction of sp³-hybridized carbons (Fsp3) is 0.923. The molecule has 0 unspecified atom stereocenters. The molecule has 31 heavy (non-hydrogen) atoms. The second kappa shape index (κ2) is 12.3. The first kappa shape index (κ1) is 26.3. The molecule has 0 aromatic heterocycles. The van der Waals surface area contributed by atoms with Crippen molar-refractivity contribution in [2.45, 2.75) is 79.6 Å². The first-order valence-electron chi connectivity index (χ1n) is 13.0. The van der Waals surface area contributed by atoms with Gasteiger partial charge in [0.1, 0.15) is 5.78 Å². The fourth-order valence-electron chi connectivity index (χ4n) is 5.46. The molecule has 3 fully saturated rings. The van der Waals surface area contributed by atoms with Crippen LogP contribution in [0.15, 0.2) is 0 Å². The van der Waals surface area contributed by atoms with Crippen molar-refractivity contribution in [3.05, 3.63) is 0 Å². The summed E-state index contributed by atoms with van der Waals surface area (Å²) in [6.07, 6.45) is 7.15. The second-order valence-corrected chi connectivity index (χ2v) is 10.9. The maximum atomic E-state index is 13.0. The molecule has 2 saturated heterocycles. The highest BCUT2D eigenvalue weighted by molar-refractivity contribution is 5.86. The van der Waals surface area contributed by atoms with Gasteiger partial charge in [0.25, 0.3) is 0 Å². The Labute approximate surface area is 191 Å². The van der Waals surface area contributed by atoms with Crippen molar-refractivity contribution in [3.8, 4) is 0 Å². The van der Waals surface area contributed by atoms with Crippen LogP contribution in [0.25, 0.3) is 0 Å². The van der Waals surface area contributed by atoms with Gasteiger partial charge < -0.3 is 14.7 Å². The van der Waals surface area contributed by atoms with E-state index in [4.69, 9.17) is 0 Å². The highest BCUT2D eigenvalue weighted by Gasteiger charge is 2.36. The van der Waals surface area contributed by atoms with E-state index in [0.29, 0.717) is 11.7 Å². The van der Waals surface area contributed by atoms with Crippen molar-refractivity contribution < 1.29 is 9.59 Å². The predicted molar refractivity (Wildman–Crippen MR) is 129 cm³/mol. The summed E-state index contributed by atoms with van der Waals surface area (Å²) in [5, 5.41) is 0. The number of amides is 1. The molecule has 0 aromatic rings. The minimum absolute atomic E-state index is 0.150. The zero-order chi connectivity index (χ0) is 23.0. The summed E-state index contributed by atoms with van der Waals surface area (Å²) in [5.74, 6) is 1.79. The third-order valence-electron chi connectivity index (χ3n) is 7.44. The maximum Gasteiger partial charge on any atom is 0.225 e. The van der Waals surface area contributed by atoms with Crippen LogP contribution in [0.3, 0.4) is 0 Å². The molecule has 0 aromatic carbocycles. The molecule has 0 N–H and O–H groups in total. The fourth-order valence-corrected chi connectivity index (χ4v) is 5.46. The lowest BCUT2D eigenvalue weighted by Gasteiger charge is -2.38. The summed E-state index contributed by atoms with van der Waals surface area (Å²) in [6.45, 7) is 17.9. The minimum Gasteiger partial charge on any atom is -0.342 e. The summed E-state index contributed by atoms with van der Waals surface area (Å²) in [5.41, 5.74) is -0.258. The molecule has 3 rings (SSSR count). The maximum absolute atomic E-state index is 13.0.